The molecular weight excluding hydrogens is 344 g/mol. The number of hydrogen-bond acceptors (Lipinski definition) is 4. The van der Waals surface area contributed by atoms with Crippen LogP contribution in [0, 0.1) is 6.92 Å². The second-order valence-electron chi connectivity index (χ2n) is 6.67. The lowest BCUT2D eigenvalue weighted by molar-refractivity contribution is -0.129. The number of anilines is 1. The van der Waals surface area contributed by atoms with Gasteiger partial charge in [0, 0.05) is 18.7 Å². The van der Waals surface area contributed by atoms with Crippen molar-refractivity contribution in [1.82, 2.24) is 5.32 Å². The first-order valence-corrected chi connectivity index (χ1v) is 8.89. The van der Waals surface area contributed by atoms with Crippen molar-refractivity contribution in [3.8, 4) is 0 Å². The summed E-state index contributed by atoms with van der Waals surface area (Å²) in [5.41, 5.74) is 4.09. The monoisotopic (exact) mass is 366 g/mol. The van der Waals surface area contributed by atoms with Gasteiger partial charge in [0.15, 0.2) is 6.10 Å². The molecule has 6 heteroatoms. The highest BCUT2D eigenvalue weighted by molar-refractivity contribution is 5.96. The summed E-state index contributed by atoms with van der Waals surface area (Å²) in [6.45, 7) is 3.92. The number of ether oxygens (including phenoxy) is 1. The molecule has 0 radical (unpaired) electrons. The van der Waals surface area contributed by atoms with Crippen molar-refractivity contribution in [3.05, 3.63) is 64.7 Å². The number of hydrogen-bond donors (Lipinski definition) is 2. The van der Waals surface area contributed by atoms with E-state index in [9.17, 15) is 14.4 Å². The molecule has 0 bridgehead atoms. The average Bonchev–Trinajstić information content (AvgIpc) is 2.66. The first-order valence-electron chi connectivity index (χ1n) is 8.89. The summed E-state index contributed by atoms with van der Waals surface area (Å²) in [7, 11) is 0. The summed E-state index contributed by atoms with van der Waals surface area (Å²) >= 11 is 0. The van der Waals surface area contributed by atoms with Gasteiger partial charge in [0.1, 0.15) is 0 Å². The van der Waals surface area contributed by atoms with Crippen molar-refractivity contribution in [2.45, 2.75) is 39.3 Å². The second-order valence-corrected chi connectivity index (χ2v) is 6.67. The van der Waals surface area contributed by atoms with E-state index in [2.05, 4.69) is 10.6 Å². The van der Waals surface area contributed by atoms with Gasteiger partial charge >= 0.3 is 5.97 Å². The van der Waals surface area contributed by atoms with Crippen LogP contribution >= 0.6 is 0 Å². The van der Waals surface area contributed by atoms with Crippen LogP contribution in [0.4, 0.5) is 5.69 Å². The van der Waals surface area contributed by atoms with Crippen LogP contribution in [0.25, 0.3) is 0 Å². The minimum atomic E-state index is -0.904. The van der Waals surface area contributed by atoms with Gasteiger partial charge in [0.05, 0.1) is 5.56 Å². The van der Waals surface area contributed by atoms with Gasteiger partial charge in [-0.15, -0.1) is 0 Å². The molecule has 1 aliphatic heterocycles. The highest BCUT2D eigenvalue weighted by Crippen LogP contribution is 2.24. The Morgan fingerprint density at radius 3 is 2.63 bits per heavy atom. The molecule has 0 spiro atoms. The molecule has 0 fully saturated rings. The van der Waals surface area contributed by atoms with Gasteiger partial charge < -0.3 is 15.4 Å². The van der Waals surface area contributed by atoms with E-state index >= 15 is 0 Å². The van der Waals surface area contributed by atoms with Gasteiger partial charge in [-0.05, 0) is 49.6 Å². The highest BCUT2D eigenvalue weighted by atomic mass is 16.5. The fraction of sp³-hybridized carbons (Fsp3) is 0.286. The number of aryl methyl sites for hydroxylation is 2. The predicted octanol–water partition coefficient (Wildman–Crippen LogP) is 2.74. The van der Waals surface area contributed by atoms with E-state index in [0.29, 0.717) is 30.6 Å². The maximum absolute atomic E-state index is 12.3. The van der Waals surface area contributed by atoms with Gasteiger partial charge in [0.25, 0.3) is 5.91 Å². The van der Waals surface area contributed by atoms with Crippen LogP contribution in [0.2, 0.25) is 0 Å². The fourth-order valence-electron chi connectivity index (χ4n) is 2.83. The first kappa shape index (κ1) is 18.6. The van der Waals surface area contributed by atoms with Gasteiger partial charge in [0.2, 0.25) is 5.91 Å². The summed E-state index contributed by atoms with van der Waals surface area (Å²) in [4.78, 5) is 35.9. The fourth-order valence-corrected chi connectivity index (χ4v) is 2.83. The second kappa shape index (κ2) is 8.03. The van der Waals surface area contributed by atoms with E-state index in [1.165, 1.54) is 0 Å². The molecule has 2 amide bonds. The van der Waals surface area contributed by atoms with Crippen LogP contribution < -0.4 is 10.6 Å². The van der Waals surface area contributed by atoms with Crippen molar-refractivity contribution < 1.29 is 19.1 Å². The van der Waals surface area contributed by atoms with Crippen LogP contribution in [0.5, 0.6) is 0 Å². The van der Waals surface area contributed by atoms with E-state index in [0.717, 1.165) is 16.7 Å². The predicted molar refractivity (Wildman–Crippen MR) is 101 cm³/mol. The van der Waals surface area contributed by atoms with Gasteiger partial charge in [-0.1, -0.05) is 29.8 Å². The topological polar surface area (TPSA) is 84.5 Å². The zero-order valence-corrected chi connectivity index (χ0v) is 15.4. The van der Waals surface area contributed by atoms with Gasteiger partial charge in [-0.3, -0.25) is 9.59 Å². The average molecular weight is 366 g/mol. The lowest BCUT2D eigenvalue weighted by Gasteiger charge is -2.18. The molecule has 0 saturated carbocycles. The van der Waals surface area contributed by atoms with Crippen molar-refractivity contribution in [3.63, 3.8) is 0 Å². The molecule has 2 N–H and O–H groups in total. The number of carbonyl (C=O) groups excluding carboxylic acids is 3. The molecule has 2 aromatic rings. The zero-order valence-electron chi connectivity index (χ0n) is 15.4. The quantitative estimate of drug-likeness (QED) is 0.797. The Labute approximate surface area is 157 Å². The molecule has 0 aromatic heterocycles. The summed E-state index contributed by atoms with van der Waals surface area (Å²) in [5, 5.41) is 5.53. The number of rotatable bonds is 5. The smallest absolute Gasteiger partial charge is 0.338 e. The summed E-state index contributed by atoms with van der Waals surface area (Å²) < 4.78 is 5.28. The third-order valence-corrected chi connectivity index (χ3v) is 4.48. The van der Waals surface area contributed by atoms with Crippen molar-refractivity contribution in [2.75, 3.05) is 5.32 Å². The molecule has 0 saturated heterocycles. The van der Waals surface area contributed by atoms with Crippen LogP contribution in [0.3, 0.4) is 0 Å². The molecule has 1 atom stereocenters. The SMILES string of the molecule is Cc1ccc(CNC(=O)[C@H](C)OC(=O)c2ccc3c(c2)CCC(=O)N3)cc1. The normalized spacial score (nSPS) is 13.9. The zero-order chi connectivity index (χ0) is 19.4. The number of amides is 2. The van der Waals surface area contributed by atoms with Crippen LogP contribution in [0.15, 0.2) is 42.5 Å². The Bertz CT molecular complexity index is 874. The molecule has 1 aliphatic rings. The van der Waals surface area contributed by atoms with Crippen LogP contribution in [-0.2, 0) is 27.3 Å². The molecule has 3 rings (SSSR count). The van der Waals surface area contributed by atoms with E-state index in [1.807, 2.05) is 31.2 Å². The Morgan fingerprint density at radius 1 is 1.15 bits per heavy atom. The maximum Gasteiger partial charge on any atom is 0.338 e. The summed E-state index contributed by atoms with van der Waals surface area (Å²) in [6.07, 6.45) is 0.0664. The number of esters is 1. The van der Waals surface area contributed by atoms with Gasteiger partial charge in [-0.25, -0.2) is 4.79 Å². The minimum absolute atomic E-state index is 0.0308. The van der Waals surface area contributed by atoms with Gasteiger partial charge in [-0.2, -0.15) is 0 Å². The standard InChI is InChI=1S/C21H22N2O4/c1-13-3-5-15(6-4-13)12-22-20(25)14(2)27-21(26)17-7-9-18-16(11-17)8-10-19(24)23-18/h3-7,9,11,14H,8,10,12H2,1-2H3,(H,22,25)(H,23,24)/t14-/m0/s1. The number of benzene rings is 2. The molecule has 2 aromatic carbocycles. The van der Waals surface area contributed by atoms with Crippen LogP contribution in [0.1, 0.15) is 40.4 Å². The van der Waals surface area contributed by atoms with Crippen molar-refractivity contribution in [1.29, 1.82) is 0 Å². The summed E-state index contributed by atoms with van der Waals surface area (Å²) in [5.74, 6) is -0.946. The maximum atomic E-state index is 12.3. The lowest BCUT2D eigenvalue weighted by Crippen LogP contribution is -2.35. The molecule has 0 aliphatic carbocycles. The lowest BCUT2D eigenvalue weighted by atomic mass is 10.0. The Kier molecular flexibility index (Phi) is 5.54. The number of carbonyl (C=O) groups is 3. The largest absolute Gasteiger partial charge is 0.449 e. The molecule has 140 valence electrons. The van der Waals surface area contributed by atoms with E-state index in [-0.39, 0.29) is 11.8 Å². The van der Waals surface area contributed by atoms with Crippen molar-refractivity contribution >= 4 is 23.5 Å². The minimum Gasteiger partial charge on any atom is -0.449 e. The Balaban J connectivity index is 1.56. The van der Waals surface area contributed by atoms with E-state index in [1.54, 1.807) is 25.1 Å². The Hall–Kier alpha value is -3.15. The highest BCUT2D eigenvalue weighted by Gasteiger charge is 2.21. The Morgan fingerprint density at radius 2 is 1.89 bits per heavy atom. The first-order chi connectivity index (χ1) is 12.9. The number of nitrogens with one attached hydrogen (secondary N) is 2. The van der Waals surface area contributed by atoms with Crippen molar-refractivity contribution in [2.24, 2.45) is 0 Å². The molecule has 27 heavy (non-hydrogen) atoms. The molecular formula is C21H22N2O4. The molecule has 1 heterocycles. The number of fused-ring (bicyclic) bond motifs is 1. The summed E-state index contributed by atoms with van der Waals surface area (Å²) in [6, 6.07) is 12.8. The van der Waals surface area contributed by atoms with E-state index in [4.69, 9.17) is 4.74 Å². The molecule has 0 unspecified atom stereocenters. The molecule has 6 nitrogen and oxygen atoms in total. The third kappa shape index (κ3) is 4.73. The van der Waals surface area contributed by atoms with Crippen LogP contribution in [-0.4, -0.2) is 23.9 Å². The van der Waals surface area contributed by atoms with E-state index < -0.39 is 12.1 Å². The third-order valence-electron chi connectivity index (χ3n) is 4.48.